The molecule has 2 N–H and O–H groups in total. The van der Waals surface area contributed by atoms with Crippen LogP contribution in [-0.4, -0.2) is 0 Å². The Bertz CT molecular complexity index is 482. The van der Waals surface area contributed by atoms with Crippen LogP contribution < -0.4 is 5.73 Å². The minimum absolute atomic E-state index is 0.450. The standard InChI is InChI=1S/C13H14BrNO2/c14-12-3-1-2-10(6-12)8-16-9-13-11(7-15)4-5-17-13/h1-6H,7-9,15H2. The Balaban J connectivity index is 1.87. The number of nitrogens with two attached hydrogens (primary N) is 1. The number of hydrogen-bond acceptors (Lipinski definition) is 3. The lowest BCUT2D eigenvalue weighted by molar-refractivity contribution is 0.0922. The van der Waals surface area contributed by atoms with Gasteiger partial charge in [-0.3, -0.25) is 0 Å². The molecule has 0 atom stereocenters. The molecular weight excluding hydrogens is 282 g/mol. The van der Waals surface area contributed by atoms with Gasteiger partial charge in [0.1, 0.15) is 12.4 Å². The number of furan rings is 1. The fraction of sp³-hybridized carbons (Fsp3) is 0.231. The Morgan fingerprint density at radius 3 is 2.88 bits per heavy atom. The maximum atomic E-state index is 5.59. The van der Waals surface area contributed by atoms with Crippen molar-refractivity contribution in [2.75, 3.05) is 0 Å². The fourth-order valence-electron chi connectivity index (χ4n) is 1.56. The number of halogens is 1. The van der Waals surface area contributed by atoms with Crippen LogP contribution in [0.5, 0.6) is 0 Å². The lowest BCUT2D eigenvalue weighted by Gasteiger charge is -2.04. The van der Waals surface area contributed by atoms with Crippen LogP contribution in [-0.2, 0) is 24.5 Å². The minimum Gasteiger partial charge on any atom is -0.467 e. The van der Waals surface area contributed by atoms with E-state index in [-0.39, 0.29) is 0 Å². The molecule has 0 aliphatic carbocycles. The van der Waals surface area contributed by atoms with Crippen LogP contribution in [0.3, 0.4) is 0 Å². The van der Waals surface area contributed by atoms with Crippen molar-refractivity contribution >= 4 is 15.9 Å². The largest absolute Gasteiger partial charge is 0.467 e. The average molecular weight is 296 g/mol. The van der Waals surface area contributed by atoms with Gasteiger partial charge in [0, 0.05) is 16.6 Å². The zero-order valence-electron chi connectivity index (χ0n) is 9.36. The van der Waals surface area contributed by atoms with Crippen molar-refractivity contribution in [3.05, 3.63) is 58.0 Å². The molecule has 0 unspecified atom stereocenters. The van der Waals surface area contributed by atoms with Crippen LogP contribution in [0.2, 0.25) is 0 Å². The number of rotatable bonds is 5. The average Bonchev–Trinajstić information content (AvgIpc) is 2.77. The Labute approximate surface area is 109 Å². The van der Waals surface area contributed by atoms with Crippen LogP contribution in [0, 0.1) is 0 Å². The summed E-state index contributed by atoms with van der Waals surface area (Å²) in [7, 11) is 0. The van der Waals surface area contributed by atoms with E-state index in [1.165, 1.54) is 0 Å². The van der Waals surface area contributed by atoms with Crippen LogP contribution in [0.4, 0.5) is 0 Å². The Morgan fingerprint density at radius 1 is 1.24 bits per heavy atom. The zero-order valence-corrected chi connectivity index (χ0v) is 10.9. The fourth-order valence-corrected chi connectivity index (χ4v) is 2.01. The third-order valence-corrected chi connectivity index (χ3v) is 2.94. The highest BCUT2D eigenvalue weighted by atomic mass is 79.9. The Kier molecular flexibility index (Phi) is 4.36. The summed E-state index contributed by atoms with van der Waals surface area (Å²) < 4.78 is 11.9. The minimum atomic E-state index is 0.450. The summed E-state index contributed by atoms with van der Waals surface area (Å²) in [6.07, 6.45) is 1.64. The lowest BCUT2D eigenvalue weighted by Crippen LogP contribution is -2.00. The monoisotopic (exact) mass is 295 g/mol. The molecule has 0 fully saturated rings. The highest BCUT2D eigenvalue weighted by Gasteiger charge is 2.04. The van der Waals surface area contributed by atoms with Crippen LogP contribution in [0.15, 0.2) is 45.5 Å². The smallest absolute Gasteiger partial charge is 0.133 e. The van der Waals surface area contributed by atoms with Gasteiger partial charge in [0.15, 0.2) is 0 Å². The third kappa shape index (κ3) is 3.43. The van der Waals surface area contributed by atoms with Crippen molar-refractivity contribution < 1.29 is 9.15 Å². The molecule has 2 rings (SSSR count). The molecule has 90 valence electrons. The molecule has 0 saturated carbocycles. The number of ether oxygens (including phenoxy) is 1. The molecule has 0 amide bonds. The van der Waals surface area contributed by atoms with Gasteiger partial charge in [0.25, 0.3) is 0 Å². The van der Waals surface area contributed by atoms with E-state index in [0.29, 0.717) is 19.8 Å². The van der Waals surface area contributed by atoms with Gasteiger partial charge in [-0.05, 0) is 23.8 Å². The molecule has 1 aromatic carbocycles. The Hall–Kier alpha value is -1.10. The molecule has 3 nitrogen and oxygen atoms in total. The van der Waals surface area contributed by atoms with Crippen LogP contribution in [0.25, 0.3) is 0 Å². The first-order valence-electron chi connectivity index (χ1n) is 5.37. The molecule has 0 saturated heterocycles. The second kappa shape index (κ2) is 6.00. The molecule has 17 heavy (non-hydrogen) atoms. The highest BCUT2D eigenvalue weighted by Crippen LogP contribution is 2.15. The van der Waals surface area contributed by atoms with E-state index in [9.17, 15) is 0 Å². The molecule has 0 spiro atoms. The summed E-state index contributed by atoms with van der Waals surface area (Å²) in [6.45, 7) is 1.49. The van der Waals surface area contributed by atoms with Gasteiger partial charge < -0.3 is 14.9 Å². The third-order valence-electron chi connectivity index (χ3n) is 2.45. The van der Waals surface area contributed by atoms with E-state index < -0.39 is 0 Å². The number of hydrogen-bond donors (Lipinski definition) is 1. The highest BCUT2D eigenvalue weighted by molar-refractivity contribution is 9.10. The predicted molar refractivity (Wildman–Crippen MR) is 69.2 cm³/mol. The van der Waals surface area contributed by atoms with Gasteiger partial charge in [0.05, 0.1) is 12.9 Å². The summed E-state index contributed by atoms with van der Waals surface area (Å²) in [5, 5.41) is 0. The quantitative estimate of drug-likeness (QED) is 0.921. The van der Waals surface area contributed by atoms with Crippen molar-refractivity contribution in [3.8, 4) is 0 Å². The van der Waals surface area contributed by atoms with E-state index in [2.05, 4.69) is 15.9 Å². The maximum Gasteiger partial charge on any atom is 0.133 e. The van der Waals surface area contributed by atoms with Gasteiger partial charge in [-0.2, -0.15) is 0 Å². The molecule has 1 aromatic heterocycles. The molecule has 2 aromatic rings. The zero-order chi connectivity index (χ0) is 12.1. The van der Waals surface area contributed by atoms with Gasteiger partial charge in [-0.1, -0.05) is 28.1 Å². The molecule has 4 heteroatoms. The summed E-state index contributed by atoms with van der Waals surface area (Å²) in [4.78, 5) is 0. The van der Waals surface area contributed by atoms with E-state index >= 15 is 0 Å². The summed E-state index contributed by atoms with van der Waals surface area (Å²) in [6, 6.07) is 9.91. The molecule has 0 aliphatic rings. The van der Waals surface area contributed by atoms with Gasteiger partial charge in [-0.15, -0.1) is 0 Å². The van der Waals surface area contributed by atoms with Crippen molar-refractivity contribution in [2.45, 2.75) is 19.8 Å². The van der Waals surface area contributed by atoms with E-state index in [1.807, 2.05) is 30.3 Å². The lowest BCUT2D eigenvalue weighted by atomic mass is 10.2. The van der Waals surface area contributed by atoms with Crippen molar-refractivity contribution in [2.24, 2.45) is 5.73 Å². The first-order valence-corrected chi connectivity index (χ1v) is 6.16. The topological polar surface area (TPSA) is 48.4 Å². The molecule has 1 heterocycles. The van der Waals surface area contributed by atoms with E-state index in [4.69, 9.17) is 14.9 Å². The maximum absolute atomic E-state index is 5.59. The van der Waals surface area contributed by atoms with E-state index in [1.54, 1.807) is 6.26 Å². The van der Waals surface area contributed by atoms with Gasteiger partial charge in [0.2, 0.25) is 0 Å². The second-order valence-corrected chi connectivity index (χ2v) is 4.61. The van der Waals surface area contributed by atoms with Crippen molar-refractivity contribution in [1.29, 1.82) is 0 Å². The van der Waals surface area contributed by atoms with Crippen molar-refractivity contribution in [3.63, 3.8) is 0 Å². The molecule has 0 radical (unpaired) electrons. The van der Waals surface area contributed by atoms with Gasteiger partial charge >= 0.3 is 0 Å². The summed E-state index contributed by atoms with van der Waals surface area (Å²) in [5.74, 6) is 0.808. The predicted octanol–water partition coefficient (Wildman–Crippen LogP) is 3.22. The summed E-state index contributed by atoms with van der Waals surface area (Å²) in [5.41, 5.74) is 7.70. The first-order chi connectivity index (χ1) is 8.29. The van der Waals surface area contributed by atoms with Crippen molar-refractivity contribution in [1.82, 2.24) is 0 Å². The normalized spacial score (nSPS) is 10.7. The first kappa shape index (κ1) is 12.4. The second-order valence-electron chi connectivity index (χ2n) is 3.70. The SMILES string of the molecule is NCc1ccoc1COCc1cccc(Br)c1. The van der Waals surface area contributed by atoms with Crippen LogP contribution >= 0.6 is 15.9 Å². The molecule has 0 bridgehead atoms. The molecular formula is C13H14BrNO2. The number of benzene rings is 1. The Morgan fingerprint density at radius 2 is 2.12 bits per heavy atom. The van der Waals surface area contributed by atoms with Gasteiger partial charge in [-0.25, -0.2) is 0 Å². The van der Waals surface area contributed by atoms with E-state index in [0.717, 1.165) is 21.4 Å². The molecule has 0 aliphatic heterocycles. The summed E-state index contributed by atoms with van der Waals surface area (Å²) >= 11 is 3.42. The van der Waals surface area contributed by atoms with Crippen LogP contribution in [0.1, 0.15) is 16.9 Å².